The molecule has 1 aromatic carbocycles. The van der Waals surface area contributed by atoms with Crippen molar-refractivity contribution in [2.45, 2.75) is 20.3 Å². The van der Waals surface area contributed by atoms with Crippen LogP contribution in [-0.2, 0) is 13.5 Å². The van der Waals surface area contributed by atoms with Crippen molar-refractivity contribution in [3.8, 4) is 0 Å². The van der Waals surface area contributed by atoms with Crippen molar-refractivity contribution in [1.29, 1.82) is 0 Å². The number of aryl methyl sites for hydroxylation is 2. The van der Waals surface area contributed by atoms with Crippen LogP contribution in [0.3, 0.4) is 0 Å². The maximum Gasteiger partial charge on any atom is 0.260 e. The molecule has 0 unspecified atom stereocenters. The van der Waals surface area contributed by atoms with E-state index in [9.17, 15) is 0 Å². The van der Waals surface area contributed by atoms with E-state index < -0.39 is 0 Å². The molecule has 0 aliphatic carbocycles. The highest BCUT2D eigenvalue weighted by molar-refractivity contribution is 5.60. The molecule has 0 aliphatic heterocycles. The standard InChI is InChI=1S/C15H19N2/c1-4-15-16(3)11-12-17(15)10-9-14-7-5-13(2)6-8-14/h5-12H,4H2,1-3H3/q+1. The monoisotopic (exact) mass is 227 g/mol. The zero-order valence-corrected chi connectivity index (χ0v) is 10.7. The van der Waals surface area contributed by atoms with Gasteiger partial charge >= 0.3 is 0 Å². The average molecular weight is 227 g/mol. The summed E-state index contributed by atoms with van der Waals surface area (Å²) in [5.41, 5.74) is 2.53. The van der Waals surface area contributed by atoms with Gasteiger partial charge in [0, 0.05) is 6.42 Å². The van der Waals surface area contributed by atoms with E-state index in [2.05, 4.69) is 79.0 Å². The molecule has 0 fully saturated rings. The summed E-state index contributed by atoms with van der Waals surface area (Å²) in [6.07, 6.45) is 9.45. The molecule has 2 aromatic rings. The van der Waals surface area contributed by atoms with E-state index in [1.54, 1.807) is 0 Å². The van der Waals surface area contributed by atoms with E-state index in [-0.39, 0.29) is 0 Å². The lowest BCUT2D eigenvalue weighted by molar-refractivity contribution is -0.678. The van der Waals surface area contributed by atoms with Crippen molar-refractivity contribution in [3.05, 3.63) is 53.6 Å². The van der Waals surface area contributed by atoms with Gasteiger partial charge in [0.2, 0.25) is 0 Å². The number of aromatic nitrogens is 2. The summed E-state index contributed by atoms with van der Waals surface area (Å²) < 4.78 is 4.32. The SMILES string of the molecule is CCc1n(C=Cc2ccc(C)cc2)cc[n+]1C. The van der Waals surface area contributed by atoms with Crippen molar-refractivity contribution in [2.75, 3.05) is 0 Å². The zero-order chi connectivity index (χ0) is 12.3. The lowest BCUT2D eigenvalue weighted by Crippen LogP contribution is -2.31. The molecule has 1 aromatic heterocycles. The third kappa shape index (κ3) is 2.64. The quantitative estimate of drug-likeness (QED) is 0.713. The molecule has 0 saturated heterocycles. The Bertz CT molecular complexity index is 518. The van der Waals surface area contributed by atoms with Crippen molar-refractivity contribution < 1.29 is 4.57 Å². The van der Waals surface area contributed by atoms with Gasteiger partial charge in [0.15, 0.2) is 0 Å². The summed E-state index contributed by atoms with van der Waals surface area (Å²) in [5.74, 6) is 1.30. The first kappa shape index (κ1) is 11.6. The first-order valence-corrected chi connectivity index (χ1v) is 6.01. The van der Waals surface area contributed by atoms with Gasteiger partial charge in [0.05, 0.1) is 13.2 Å². The van der Waals surface area contributed by atoms with Crippen LogP contribution in [0.2, 0.25) is 0 Å². The van der Waals surface area contributed by atoms with E-state index in [1.807, 2.05) is 0 Å². The summed E-state index contributed by atoms with van der Waals surface area (Å²) in [7, 11) is 2.08. The predicted molar refractivity (Wildman–Crippen MR) is 71.4 cm³/mol. The molecular formula is C15H19N2+. The van der Waals surface area contributed by atoms with Crippen LogP contribution in [0.5, 0.6) is 0 Å². The summed E-state index contributed by atoms with van der Waals surface area (Å²) in [5, 5.41) is 0. The van der Waals surface area contributed by atoms with Gasteiger partial charge in [-0.2, -0.15) is 0 Å². The molecule has 0 spiro atoms. The third-order valence-electron chi connectivity index (χ3n) is 2.98. The highest BCUT2D eigenvalue weighted by Gasteiger charge is 2.08. The maximum absolute atomic E-state index is 2.17. The fraction of sp³-hybridized carbons (Fsp3) is 0.267. The molecular weight excluding hydrogens is 208 g/mol. The minimum atomic E-state index is 1.03. The predicted octanol–water partition coefficient (Wildman–Crippen LogP) is 2.81. The Kier molecular flexibility index (Phi) is 3.43. The first-order valence-electron chi connectivity index (χ1n) is 6.01. The Morgan fingerprint density at radius 3 is 2.59 bits per heavy atom. The molecule has 0 aliphatic rings. The van der Waals surface area contributed by atoms with Crippen LogP contribution in [0.25, 0.3) is 12.3 Å². The molecule has 2 rings (SSSR count). The van der Waals surface area contributed by atoms with Crippen LogP contribution in [0.15, 0.2) is 36.7 Å². The fourth-order valence-corrected chi connectivity index (χ4v) is 1.94. The molecule has 0 radical (unpaired) electrons. The van der Waals surface area contributed by atoms with Gasteiger partial charge in [-0.3, -0.25) is 0 Å². The van der Waals surface area contributed by atoms with Crippen LogP contribution in [0.1, 0.15) is 23.9 Å². The van der Waals surface area contributed by atoms with Gasteiger partial charge in [-0.15, -0.1) is 0 Å². The van der Waals surface area contributed by atoms with Gasteiger partial charge in [-0.25, -0.2) is 9.13 Å². The topological polar surface area (TPSA) is 8.81 Å². The van der Waals surface area contributed by atoms with Crippen LogP contribution < -0.4 is 4.57 Å². The summed E-state index contributed by atoms with van der Waals surface area (Å²) in [6.45, 7) is 4.28. The third-order valence-corrected chi connectivity index (χ3v) is 2.98. The van der Waals surface area contributed by atoms with Crippen molar-refractivity contribution in [3.63, 3.8) is 0 Å². The number of rotatable bonds is 3. The van der Waals surface area contributed by atoms with Gasteiger partial charge in [-0.05, 0) is 18.6 Å². The largest absolute Gasteiger partial charge is 0.260 e. The van der Waals surface area contributed by atoms with E-state index in [4.69, 9.17) is 0 Å². The number of imidazole rings is 1. The second kappa shape index (κ2) is 5.00. The molecule has 0 amide bonds. The van der Waals surface area contributed by atoms with E-state index >= 15 is 0 Å². The van der Waals surface area contributed by atoms with Crippen LogP contribution in [0.4, 0.5) is 0 Å². The number of nitrogens with zero attached hydrogens (tertiary/aromatic N) is 2. The normalized spacial score (nSPS) is 11.2. The zero-order valence-electron chi connectivity index (χ0n) is 10.7. The molecule has 88 valence electrons. The van der Waals surface area contributed by atoms with Gasteiger partial charge in [0.1, 0.15) is 12.4 Å². The van der Waals surface area contributed by atoms with Crippen molar-refractivity contribution in [2.24, 2.45) is 7.05 Å². The highest BCUT2D eigenvalue weighted by Crippen LogP contribution is 2.06. The Morgan fingerprint density at radius 2 is 1.94 bits per heavy atom. The average Bonchev–Trinajstić information content (AvgIpc) is 2.69. The lowest BCUT2D eigenvalue weighted by Gasteiger charge is -1.95. The molecule has 2 nitrogen and oxygen atoms in total. The van der Waals surface area contributed by atoms with Crippen molar-refractivity contribution in [1.82, 2.24) is 4.57 Å². The molecule has 1 heterocycles. The van der Waals surface area contributed by atoms with Gasteiger partial charge in [-0.1, -0.05) is 36.8 Å². The number of hydrogen-bond donors (Lipinski definition) is 0. The minimum Gasteiger partial charge on any atom is -0.237 e. The highest BCUT2D eigenvalue weighted by atomic mass is 15.1. The minimum absolute atomic E-state index is 1.03. The molecule has 2 heteroatoms. The first-order chi connectivity index (χ1) is 8.20. The van der Waals surface area contributed by atoms with Gasteiger partial charge in [0.25, 0.3) is 5.82 Å². The molecule has 0 bridgehead atoms. The molecule has 0 N–H and O–H groups in total. The Hall–Kier alpha value is -1.83. The Labute approximate surface area is 103 Å². The lowest BCUT2D eigenvalue weighted by atomic mass is 10.1. The van der Waals surface area contributed by atoms with E-state index in [0.29, 0.717) is 0 Å². The van der Waals surface area contributed by atoms with Crippen LogP contribution in [0, 0.1) is 6.92 Å². The fourth-order valence-electron chi connectivity index (χ4n) is 1.94. The molecule has 0 atom stereocenters. The van der Waals surface area contributed by atoms with E-state index in [0.717, 1.165) is 6.42 Å². The molecule has 17 heavy (non-hydrogen) atoms. The summed E-state index contributed by atoms with van der Waals surface area (Å²) >= 11 is 0. The van der Waals surface area contributed by atoms with E-state index in [1.165, 1.54) is 17.0 Å². The summed E-state index contributed by atoms with van der Waals surface area (Å²) in [6, 6.07) is 8.55. The van der Waals surface area contributed by atoms with Crippen LogP contribution >= 0.6 is 0 Å². The van der Waals surface area contributed by atoms with Crippen molar-refractivity contribution >= 4 is 12.3 Å². The number of hydrogen-bond acceptors (Lipinski definition) is 0. The second-order valence-electron chi connectivity index (χ2n) is 4.31. The summed E-state index contributed by atoms with van der Waals surface area (Å²) in [4.78, 5) is 0. The smallest absolute Gasteiger partial charge is 0.237 e. The Morgan fingerprint density at radius 1 is 1.24 bits per heavy atom. The molecule has 0 saturated carbocycles. The number of benzene rings is 1. The Balaban J connectivity index is 2.22. The van der Waals surface area contributed by atoms with Gasteiger partial charge < -0.3 is 0 Å². The van der Waals surface area contributed by atoms with Crippen LogP contribution in [-0.4, -0.2) is 4.57 Å². The second-order valence-corrected chi connectivity index (χ2v) is 4.31. The maximum atomic E-state index is 2.17.